The van der Waals surface area contributed by atoms with Gasteiger partial charge < -0.3 is 14.2 Å². The van der Waals surface area contributed by atoms with Crippen molar-refractivity contribution in [3.05, 3.63) is 52.3 Å². The molecule has 4 heterocycles. The number of nitro benzene ring substituents is 1. The van der Waals surface area contributed by atoms with Crippen molar-refractivity contribution in [2.75, 3.05) is 41.4 Å². The lowest BCUT2D eigenvalue weighted by Gasteiger charge is -2.24. The molecule has 0 bridgehead atoms. The van der Waals surface area contributed by atoms with Gasteiger partial charge in [0.15, 0.2) is 0 Å². The molecule has 0 unspecified atom stereocenters. The standard InChI is InChI=1S/C26H32N8O3/c35-34(36)21-11-9-10-20(18-21)23-13-12-22(37-23)19-27-31-24-28-25(32-14-5-1-2-6-15-32)30-26(29-24)33-16-7-3-4-8-17-33/h9-13,18-19H,1-8,14-17H2,(H,28,29,30,31). The van der Waals surface area contributed by atoms with Gasteiger partial charge in [0.2, 0.25) is 17.8 Å². The van der Waals surface area contributed by atoms with Gasteiger partial charge in [-0.05, 0) is 37.8 Å². The Labute approximate surface area is 215 Å². The number of aromatic nitrogens is 3. The van der Waals surface area contributed by atoms with Gasteiger partial charge in [0.1, 0.15) is 11.5 Å². The third-order valence-corrected chi connectivity index (χ3v) is 6.71. The largest absolute Gasteiger partial charge is 0.455 e. The molecule has 0 atom stereocenters. The summed E-state index contributed by atoms with van der Waals surface area (Å²) in [5.41, 5.74) is 3.60. The Kier molecular flexibility index (Phi) is 7.87. The molecule has 2 saturated heterocycles. The molecule has 5 rings (SSSR count). The summed E-state index contributed by atoms with van der Waals surface area (Å²) in [6.07, 6.45) is 11.0. The van der Waals surface area contributed by atoms with Crippen LogP contribution in [-0.2, 0) is 0 Å². The van der Waals surface area contributed by atoms with Crippen LogP contribution in [0.4, 0.5) is 23.5 Å². The van der Waals surface area contributed by atoms with Crippen LogP contribution in [0.25, 0.3) is 11.3 Å². The predicted octanol–water partition coefficient (Wildman–Crippen LogP) is 5.25. The summed E-state index contributed by atoms with van der Waals surface area (Å²) >= 11 is 0. The molecule has 2 fully saturated rings. The minimum absolute atomic E-state index is 0.0149. The van der Waals surface area contributed by atoms with E-state index in [-0.39, 0.29) is 5.69 Å². The second-order valence-electron chi connectivity index (χ2n) is 9.44. The van der Waals surface area contributed by atoms with Gasteiger partial charge in [-0.25, -0.2) is 5.43 Å². The van der Waals surface area contributed by atoms with Crippen molar-refractivity contribution >= 4 is 29.7 Å². The van der Waals surface area contributed by atoms with E-state index in [0.717, 1.165) is 51.9 Å². The maximum absolute atomic E-state index is 11.1. The van der Waals surface area contributed by atoms with Crippen LogP contribution in [0.15, 0.2) is 45.9 Å². The van der Waals surface area contributed by atoms with E-state index in [0.29, 0.717) is 34.9 Å². The molecule has 0 amide bonds. The highest BCUT2D eigenvalue weighted by atomic mass is 16.6. The van der Waals surface area contributed by atoms with E-state index in [1.54, 1.807) is 30.5 Å². The van der Waals surface area contributed by atoms with E-state index in [1.807, 2.05) is 0 Å². The van der Waals surface area contributed by atoms with Crippen molar-refractivity contribution in [1.29, 1.82) is 0 Å². The van der Waals surface area contributed by atoms with Crippen molar-refractivity contribution < 1.29 is 9.34 Å². The van der Waals surface area contributed by atoms with Crippen LogP contribution < -0.4 is 15.2 Å². The van der Waals surface area contributed by atoms with E-state index >= 15 is 0 Å². The molecule has 0 spiro atoms. The summed E-state index contributed by atoms with van der Waals surface area (Å²) in [5, 5.41) is 15.4. The number of furan rings is 1. The fraction of sp³-hybridized carbons (Fsp3) is 0.462. The van der Waals surface area contributed by atoms with Crippen LogP contribution in [0.3, 0.4) is 0 Å². The smallest absolute Gasteiger partial charge is 0.270 e. The van der Waals surface area contributed by atoms with Gasteiger partial charge >= 0.3 is 0 Å². The molecule has 1 N–H and O–H groups in total. The molecule has 11 nitrogen and oxygen atoms in total. The first-order valence-electron chi connectivity index (χ1n) is 13.1. The van der Waals surface area contributed by atoms with Crippen LogP contribution in [-0.4, -0.2) is 52.3 Å². The van der Waals surface area contributed by atoms with Crippen molar-refractivity contribution in [1.82, 2.24) is 15.0 Å². The molecular formula is C26H32N8O3. The zero-order valence-corrected chi connectivity index (χ0v) is 20.9. The molecule has 1 aromatic carbocycles. The fourth-order valence-electron chi connectivity index (χ4n) is 4.73. The normalized spacial score (nSPS) is 17.0. The third-order valence-electron chi connectivity index (χ3n) is 6.71. The molecule has 0 aliphatic carbocycles. The quantitative estimate of drug-likeness (QED) is 0.261. The van der Waals surface area contributed by atoms with Crippen molar-refractivity contribution in [3.8, 4) is 11.3 Å². The molecule has 2 aliphatic rings. The summed E-state index contributed by atoms with van der Waals surface area (Å²) in [6.45, 7) is 3.77. The zero-order valence-electron chi connectivity index (χ0n) is 20.9. The average molecular weight is 505 g/mol. The first-order valence-corrected chi connectivity index (χ1v) is 13.1. The van der Waals surface area contributed by atoms with Crippen molar-refractivity contribution in [2.45, 2.75) is 51.4 Å². The van der Waals surface area contributed by atoms with E-state index in [9.17, 15) is 10.1 Å². The highest BCUT2D eigenvalue weighted by Crippen LogP contribution is 2.26. The van der Waals surface area contributed by atoms with Crippen LogP contribution in [0.2, 0.25) is 0 Å². The monoisotopic (exact) mass is 504 g/mol. The number of rotatable bonds is 7. The van der Waals surface area contributed by atoms with E-state index < -0.39 is 4.92 Å². The summed E-state index contributed by atoms with van der Waals surface area (Å²) in [7, 11) is 0. The fourth-order valence-corrected chi connectivity index (χ4v) is 4.73. The van der Waals surface area contributed by atoms with Gasteiger partial charge in [0, 0.05) is 43.9 Å². The summed E-state index contributed by atoms with van der Waals surface area (Å²) in [4.78, 5) is 29.4. The van der Waals surface area contributed by atoms with Gasteiger partial charge in [-0.15, -0.1) is 0 Å². The van der Waals surface area contributed by atoms with E-state index in [4.69, 9.17) is 9.40 Å². The Morgan fingerprint density at radius 2 is 1.49 bits per heavy atom. The lowest BCUT2D eigenvalue weighted by Crippen LogP contribution is -2.30. The van der Waals surface area contributed by atoms with E-state index in [1.165, 1.54) is 37.8 Å². The van der Waals surface area contributed by atoms with Crippen LogP contribution in [0.1, 0.15) is 57.1 Å². The summed E-state index contributed by atoms with van der Waals surface area (Å²) < 4.78 is 5.83. The van der Waals surface area contributed by atoms with E-state index in [2.05, 4.69) is 30.3 Å². The average Bonchev–Trinajstić information content (AvgIpc) is 3.09. The molecule has 37 heavy (non-hydrogen) atoms. The number of non-ortho nitro benzene ring substituents is 1. The van der Waals surface area contributed by atoms with Gasteiger partial charge in [-0.1, -0.05) is 37.8 Å². The number of nitrogens with zero attached hydrogens (tertiary/aromatic N) is 7. The van der Waals surface area contributed by atoms with Gasteiger partial charge in [0.05, 0.1) is 11.1 Å². The Balaban J connectivity index is 1.34. The third kappa shape index (κ3) is 6.41. The molecule has 11 heteroatoms. The van der Waals surface area contributed by atoms with Crippen molar-refractivity contribution in [2.24, 2.45) is 5.10 Å². The number of hydrogen-bond acceptors (Lipinski definition) is 10. The molecule has 3 aromatic rings. The molecule has 2 aliphatic heterocycles. The number of hydrogen-bond donors (Lipinski definition) is 1. The summed E-state index contributed by atoms with van der Waals surface area (Å²) in [5.74, 6) is 2.82. The topological polar surface area (TPSA) is 126 Å². The second kappa shape index (κ2) is 11.8. The lowest BCUT2D eigenvalue weighted by molar-refractivity contribution is -0.384. The predicted molar refractivity (Wildman–Crippen MR) is 143 cm³/mol. The van der Waals surface area contributed by atoms with Crippen molar-refractivity contribution in [3.63, 3.8) is 0 Å². The SMILES string of the molecule is O=[N+]([O-])c1cccc(-c2ccc(C=NNc3nc(N4CCCCCC4)nc(N4CCCCCC4)n3)o2)c1. The van der Waals surface area contributed by atoms with Crippen LogP contribution in [0.5, 0.6) is 0 Å². The van der Waals surface area contributed by atoms with Gasteiger partial charge in [0.25, 0.3) is 5.69 Å². The molecule has 0 saturated carbocycles. The highest BCUT2D eigenvalue weighted by Gasteiger charge is 2.19. The highest BCUT2D eigenvalue weighted by molar-refractivity contribution is 5.78. The van der Waals surface area contributed by atoms with Crippen LogP contribution >= 0.6 is 0 Å². The number of nitrogens with one attached hydrogen (secondary N) is 1. The van der Waals surface area contributed by atoms with Gasteiger partial charge in [-0.3, -0.25) is 10.1 Å². The first kappa shape index (κ1) is 24.7. The van der Waals surface area contributed by atoms with Gasteiger partial charge in [-0.2, -0.15) is 20.1 Å². The van der Waals surface area contributed by atoms with Crippen LogP contribution in [0, 0.1) is 10.1 Å². The Morgan fingerprint density at radius 1 is 0.865 bits per heavy atom. The molecule has 0 radical (unpaired) electrons. The molecule has 2 aromatic heterocycles. The minimum atomic E-state index is -0.423. The summed E-state index contributed by atoms with van der Waals surface area (Å²) in [6, 6.07) is 9.86. The second-order valence-corrected chi connectivity index (χ2v) is 9.44. The molecular weight excluding hydrogens is 472 g/mol. The lowest BCUT2D eigenvalue weighted by atomic mass is 10.1. The number of hydrazone groups is 1. The number of benzene rings is 1. The Morgan fingerprint density at radius 3 is 2.08 bits per heavy atom. The Hall–Kier alpha value is -4.02. The maximum Gasteiger partial charge on any atom is 0.270 e. The zero-order chi connectivity index (χ0) is 25.5. The number of nitro groups is 1. The number of anilines is 3. The maximum atomic E-state index is 11.1. The first-order chi connectivity index (χ1) is 18.2. The molecule has 194 valence electrons. The Bertz CT molecular complexity index is 1190. The minimum Gasteiger partial charge on any atom is -0.455 e.